The number of nitro benzene ring substituents is 1. The molecule has 3 aromatic carbocycles. The van der Waals surface area contributed by atoms with Gasteiger partial charge in [0, 0.05) is 17.7 Å². The van der Waals surface area contributed by atoms with Crippen molar-refractivity contribution in [2.45, 2.75) is 19.1 Å². The Balaban J connectivity index is 1.77. The van der Waals surface area contributed by atoms with Crippen molar-refractivity contribution in [3.63, 3.8) is 0 Å². The zero-order chi connectivity index (χ0) is 21.3. The van der Waals surface area contributed by atoms with Gasteiger partial charge in [0.2, 0.25) is 6.10 Å². The van der Waals surface area contributed by atoms with Gasteiger partial charge < -0.3 is 9.47 Å². The SMILES string of the molecule is COc1ccccc1[C@@H]1[C@@H](Oc2ccccc2C)C(=O)N1c1cccc([N+](=O)[O-])c1. The molecule has 1 fully saturated rings. The van der Waals surface area contributed by atoms with Gasteiger partial charge in [0.1, 0.15) is 17.5 Å². The molecule has 1 saturated heterocycles. The Morgan fingerprint density at radius 2 is 1.67 bits per heavy atom. The lowest BCUT2D eigenvalue weighted by Gasteiger charge is -2.47. The first-order chi connectivity index (χ1) is 14.5. The van der Waals surface area contributed by atoms with Gasteiger partial charge in [-0.25, -0.2) is 0 Å². The Hall–Kier alpha value is -3.87. The molecular weight excluding hydrogens is 384 g/mol. The molecule has 3 aromatic rings. The van der Waals surface area contributed by atoms with Crippen LogP contribution in [0, 0.1) is 17.0 Å². The predicted molar refractivity (Wildman–Crippen MR) is 112 cm³/mol. The number of hydrogen-bond acceptors (Lipinski definition) is 5. The number of ether oxygens (including phenoxy) is 2. The highest BCUT2D eigenvalue weighted by Crippen LogP contribution is 2.45. The van der Waals surface area contributed by atoms with Gasteiger partial charge in [-0.3, -0.25) is 19.8 Å². The quantitative estimate of drug-likeness (QED) is 0.344. The number of methoxy groups -OCH3 is 1. The molecule has 30 heavy (non-hydrogen) atoms. The van der Waals surface area contributed by atoms with E-state index in [1.54, 1.807) is 19.2 Å². The zero-order valence-corrected chi connectivity index (χ0v) is 16.5. The number of carbonyl (C=O) groups is 1. The lowest BCUT2D eigenvalue weighted by Crippen LogP contribution is -2.61. The summed E-state index contributed by atoms with van der Waals surface area (Å²) >= 11 is 0. The van der Waals surface area contributed by atoms with Crippen LogP contribution < -0.4 is 14.4 Å². The van der Waals surface area contributed by atoms with Crippen LogP contribution >= 0.6 is 0 Å². The summed E-state index contributed by atoms with van der Waals surface area (Å²) in [5.41, 5.74) is 2.04. The van der Waals surface area contributed by atoms with Crippen LogP contribution in [0.5, 0.6) is 11.5 Å². The van der Waals surface area contributed by atoms with Crippen molar-refractivity contribution < 1.29 is 19.2 Å². The number of para-hydroxylation sites is 2. The highest BCUT2D eigenvalue weighted by atomic mass is 16.6. The van der Waals surface area contributed by atoms with Gasteiger partial charge in [-0.15, -0.1) is 0 Å². The number of aryl methyl sites for hydroxylation is 1. The lowest BCUT2D eigenvalue weighted by atomic mass is 9.89. The number of nitro groups is 1. The monoisotopic (exact) mass is 404 g/mol. The summed E-state index contributed by atoms with van der Waals surface area (Å²) in [6, 6.07) is 20.4. The molecule has 0 saturated carbocycles. The summed E-state index contributed by atoms with van der Waals surface area (Å²) < 4.78 is 11.6. The van der Waals surface area contributed by atoms with Crippen molar-refractivity contribution in [2.75, 3.05) is 12.0 Å². The van der Waals surface area contributed by atoms with Crippen LogP contribution in [0.2, 0.25) is 0 Å². The highest BCUT2D eigenvalue weighted by Gasteiger charge is 2.52. The third-order valence-electron chi connectivity index (χ3n) is 5.17. The van der Waals surface area contributed by atoms with Crippen molar-refractivity contribution in [1.29, 1.82) is 0 Å². The average molecular weight is 404 g/mol. The molecule has 1 aliphatic heterocycles. The fourth-order valence-electron chi connectivity index (χ4n) is 3.66. The molecule has 7 nitrogen and oxygen atoms in total. The van der Waals surface area contributed by atoms with E-state index in [4.69, 9.17) is 9.47 Å². The number of nitrogens with zero attached hydrogens (tertiary/aromatic N) is 2. The Kier molecular flexibility index (Phi) is 5.10. The first kappa shape index (κ1) is 19.4. The van der Waals surface area contributed by atoms with Crippen molar-refractivity contribution in [2.24, 2.45) is 0 Å². The second-order valence-corrected chi connectivity index (χ2v) is 6.98. The average Bonchev–Trinajstić information content (AvgIpc) is 2.76. The number of non-ortho nitro benzene ring substituents is 1. The van der Waals surface area contributed by atoms with Crippen LogP contribution in [0.15, 0.2) is 72.8 Å². The van der Waals surface area contributed by atoms with Crippen LogP contribution in [0.3, 0.4) is 0 Å². The van der Waals surface area contributed by atoms with E-state index < -0.39 is 17.1 Å². The van der Waals surface area contributed by atoms with Gasteiger partial charge >= 0.3 is 0 Å². The smallest absolute Gasteiger partial charge is 0.271 e. The minimum absolute atomic E-state index is 0.0812. The predicted octanol–water partition coefficient (Wildman–Crippen LogP) is 4.45. The van der Waals surface area contributed by atoms with Gasteiger partial charge in [0.25, 0.3) is 11.6 Å². The minimum atomic E-state index is -0.776. The van der Waals surface area contributed by atoms with Gasteiger partial charge in [0.15, 0.2) is 0 Å². The van der Waals surface area contributed by atoms with E-state index in [1.165, 1.54) is 17.0 Å². The largest absolute Gasteiger partial charge is 0.496 e. The molecule has 0 aromatic heterocycles. The fourth-order valence-corrected chi connectivity index (χ4v) is 3.66. The number of carbonyl (C=O) groups excluding carboxylic acids is 1. The Morgan fingerprint density at radius 1 is 0.967 bits per heavy atom. The minimum Gasteiger partial charge on any atom is -0.496 e. The van der Waals surface area contributed by atoms with Gasteiger partial charge in [-0.2, -0.15) is 0 Å². The van der Waals surface area contributed by atoms with Gasteiger partial charge in [-0.05, 0) is 30.7 Å². The number of benzene rings is 3. The molecule has 0 aliphatic carbocycles. The molecule has 7 heteroatoms. The standard InChI is InChI=1S/C23H20N2O5/c1-15-8-3-5-12-19(15)30-22-21(18-11-4-6-13-20(18)29-2)24(23(22)26)16-9-7-10-17(14-16)25(27)28/h3-14,21-22H,1-2H3/t21-,22-/m1/s1. The molecule has 1 amide bonds. The molecule has 0 bridgehead atoms. The van der Waals surface area contributed by atoms with Crippen LogP contribution in [0.1, 0.15) is 17.2 Å². The summed E-state index contributed by atoms with van der Waals surface area (Å²) in [6.07, 6.45) is -0.776. The molecule has 4 rings (SSSR count). The van der Waals surface area contributed by atoms with E-state index >= 15 is 0 Å². The maximum Gasteiger partial charge on any atom is 0.271 e. The molecular formula is C23H20N2O5. The molecule has 0 unspecified atom stereocenters. The first-order valence-corrected chi connectivity index (χ1v) is 9.44. The third-order valence-corrected chi connectivity index (χ3v) is 5.17. The van der Waals surface area contributed by atoms with E-state index in [0.29, 0.717) is 17.2 Å². The highest BCUT2D eigenvalue weighted by molar-refractivity contribution is 6.05. The van der Waals surface area contributed by atoms with Crippen LogP contribution in [-0.2, 0) is 4.79 Å². The van der Waals surface area contributed by atoms with Crippen molar-refractivity contribution in [3.8, 4) is 11.5 Å². The number of amides is 1. The molecule has 0 N–H and O–H groups in total. The maximum atomic E-state index is 13.1. The molecule has 1 heterocycles. The summed E-state index contributed by atoms with van der Waals surface area (Å²) in [6.45, 7) is 1.91. The Labute approximate surface area is 173 Å². The topological polar surface area (TPSA) is 81.9 Å². The summed E-state index contributed by atoms with van der Waals surface area (Å²) in [5.74, 6) is 0.966. The zero-order valence-electron chi connectivity index (χ0n) is 16.5. The molecule has 2 atom stereocenters. The van der Waals surface area contributed by atoms with E-state index in [9.17, 15) is 14.9 Å². The summed E-state index contributed by atoms with van der Waals surface area (Å²) in [4.78, 5) is 25.4. The molecule has 1 aliphatic rings. The third kappa shape index (κ3) is 3.34. The second-order valence-electron chi connectivity index (χ2n) is 6.98. The van der Waals surface area contributed by atoms with Gasteiger partial charge in [-0.1, -0.05) is 42.5 Å². The second kappa shape index (κ2) is 7.87. The van der Waals surface area contributed by atoms with Crippen molar-refractivity contribution in [3.05, 3.63) is 94.0 Å². The summed E-state index contributed by atoms with van der Waals surface area (Å²) in [7, 11) is 1.56. The van der Waals surface area contributed by atoms with E-state index in [2.05, 4.69) is 0 Å². The van der Waals surface area contributed by atoms with Crippen molar-refractivity contribution in [1.82, 2.24) is 0 Å². The first-order valence-electron chi connectivity index (χ1n) is 9.44. The fraction of sp³-hybridized carbons (Fsp3) is 0.174. The lowest BCUT2D eigenvalue weighted by molar-refractivity contribution is -0.384. The Morgan fingerprint density at radius 3 is 2.37 bits per heavy atom. The number of hydrogen-bond donors (Lipinski definition) is 0. The number of β-lactam (4-membered cyclic amide) rings is 1. The Bertz CT molecular complexity index is 1110. The van der Waals surface area contributed by atoms with Gasteiger partial charge in [0.05, 0.1) is 17.7 Å². The van der Waals surface area contributed by atoms with E-state index in [1.807, 2.05) is 55.5 Å². The molecule has 0 radical (unpaired) electrons. The van der Waals surface area contributed by atoms with E-state index in [0.717, 1.165) is 11.1 Å². The van der Waals surface area contributed by atoms with Crippen LogP contribution in [-0.4, -0.2) is 24.0 Å². The maximum absolute atomic E-state index is 13.1. The van der Waals surface area contributed by atoms with Crippen LogP contribution in [0.25, 0.3) is 0 Å². The molecule has 152 valence electrons. The van der Waals surface area contributed by atoms with Crippen molar-refractivity contribution >= 4 is 17.3 Å². The molecule has 0 spiro atoms. The van der Waals surface area contributed by atoms with E-state index in [-0.39, 0.29) is 11.6 Å². The number of anilines is 1. The normalized spacial score (nSPS) is 17.9. The number of rotatable bonds is 6. The summed E-state index contributed by atoms with van der Waals surface area (Å²) in [5, 5.41) is 11.2. The van der Waals surface area contributed by atoms with Crippen LogP contribution in [0.4, 0.5) is 11.4 Å².